The first kappa shape index (κ1) is 22.5. The summed E-state index contributed by atoms with van der Waals surface area (Å²) in [4.78, 5) is 45.8. The number of thiophene rings is 1. The fourth-order valence-corrected chi connectivity index (χ4v) is 6.36. The topological polar surface area (TPSA) is 91.8 Å². The Kier molecular flexibility index (Phi) is 5.70. The standard InChI is InChI=1S/C25H23ClN4O4S/c26-15-9-14-10-20(25(33)29-7-5-27-6-8-29)34-23(14)18(11-15)17-3-4-28-19-12-16(35-24(17)19)13-30-21(31)1-2-22(30)32/h3-4,9,11-12,20,27H,1-2,5-8,10,13H2. The van der Waals surface area contributed by atoms with Crippen LogP contribution in [-0.2, 0) is 27.3 Å². The number of pyridine rings is 1. The van der Waals surface area contributed by atoms with Gasteiger partial charge in [-0.05, 0) is 24.3 Å². The van der Waals surface area contributed by atoms with Gasteiger partial charge in [-0.2, -0.15) is 0 Å². The van der Waals surface area contributed by atoms with Crippen molar-refractivity contribution in [3.05, 3.63) is 45.9 Å². The van der Waals surface area contributed by atoms with Gasteiger partial charge in [-0.1, -0.05) is 11.6 Å². The molecule has 180 valence electrons. The van der Waals surface area contributed by atoms with Crippen molar-refractivity contribution in [1.29, 1.82) is 0 Å². The van der Waals surface area contributed by atoms with Crippen molar-refractivity contribution in [2.45, 2.75) is 31.9 Å². The lowest BCUT2D eigenvalue weighted by Crippen LogP contribution is -2.50. The SMILES string of the molecule is O=C(C1Cc2cc(Cl)cc(-c3ccnc4cc(CN5C(=O)CCC5=O)sc34)c2O1)N1CCNCC1. The van der Waals surface area contributed by atoms with Gasteiger partial charge in [0.15, 0.2) is 6.10 Å². The van der Waals surface area contributed by atoms with Crippen LogP contribution in [0.4, 0.5) is 0 Å². The van der Waals surface area contributed by atoms with Crippen molar-refractivity contribution >= 4 is 50.9 Å². The van der Waals surface area contributed by atoms with Crippen molar-refractivity contribution in [3.8, 4) is 16.9 Å². The van der Waals surface area contributed by atoms with Crippen molar-refractivity contribution in [3.63, 3.8) is 0 Å². The molecule has 35 heavy (non-hydrogen) atoms. The molecular formula is C25H23ClN4O4S. The maximum absolute atomic E-state index is 13.1. The molecule has 3 aliphatic rings. The second-order valence-corrected chi connectivity index (χ2v) is 10.6. The molecule has 5 heterocycles. The number of aromatic nitrogens is 1. The van der Waals surface area contributed by atoms with Crippen LogP contribution in [0.5, 0.6) is 5.75 Å². The van der Waals surface area contributed by atoms with E-state index in [1.54, 1.807) is 6.20 Å². The van der Waals surface area contributed by atoms with Gasteiger partial charge in [0.05, 0.1) is 16.8 Å². The average Bonchev–Trinajstić information content (AvgIpc) is 3.56. The number of fused-ring (bicyclic) bond motifs is 2. The van der Waals surface area contributed by atoms with Crippen LogP contribution in [0, 0.1) is 0 Å². The Labute approximate surface area is 210 Å². The number of rotatable bonds is 4. The van der Waals surface area contributed by atoms with Crippen LogP contribution in [0.2, 0.25) is 5.02 Å². The van der Waals surface area contributed by atoms with E-state index in [1.807, 2.05) is 29.2 Å². The summed E-state index contributed by atoms with van der Waals surface area (Å²) in [6.45, 7) is 3.17. The summed E-state index contributed by atoms with van der Waals surface area (Å²) in [5.74, 6) is 0.405. The number of nitrogens with one attached hydrogen (secondary N) is 1. The lowest BCUT2D eigenvalue weighted by Gasteiger charge is -2.29. The number of hydrogen-bond donors (Lipinski definition) is 1. The molecule has 6 rings (SSSR count). The molecule has 0 spiro atoms. The Morgan fingerprint density at radius 1 is 1.14 bits per heavy atom. The third kappa shape index (κ3) is 4.07. The lowest BCUT2D eigenvalue weighted by atomic mass is 10.0. The van der Waals surface area contributed by atoms with E-state index >= 15 is 0 Å². The molecular weight excluding hydrogens is 488 g/mol. The van der Waals surface area contributed by atoms with Gasteiger partial charge in [0.1, 0.15) is 5.75 Å². The summed E-state index contributed by atoms with van der Waals surface area (Å²) in [5, 5.41) is 3.84. The van der Waals surface area contributed by atoms with Crippen LogP contribution in [-0.4, -0.2) is 64.8 Å². The molecule has 0 radical (unpaired) electrons. The molecule has 1 aromatic carbocycles. The highest BCUT2D eigenvalue weighted by Gasteiger charge is 2.35. The molecule has 1 atom stereocenters. The molecule has 0 aliphatic carbocycles. The molecule has 2 aromatic heterocycles. The second-order valence-electron chi connectivity index (χ2n) is 8.99. The van der Waals surface area contributed by atoms with Crippen LogP contribution in [0.25, 0.3) is 21.3 Å². The maximum atomic E-state index is 13.1. The first-order chi connectivity index (χ1) is 17.0. The summed E-state index contributed by atoms with van der Waals surface area (Å²) in [6.07, 6.45) is 2.18. The summed E-state index contributed by atoms with van der Waals surface area (Å²) in [5.41, 5.74) is 3.41. The highest BCUT2D eigenvalue weighted by molar-refractivity contribution is 7.19. The third-order valence-electron chi connectivity index (χ3n) is 6.72. The van der Waals surface area contributed by atoms with Crippen LogP contribution in [0.3, 0.4) is 0 Å². The largest absolute Gasteiger partial charge is 0.479 e. The molecule has 1 unspecified atom stereocenters. The molecule has 0 saturated carbocycles. The second kappa shape index (κ2) is 8.89. The molecule has 8 nitrogen and oxygen atoms in total. The van der Waals surface area contributed by atoms with Gasteiger partial charge in [0, 0.05) is 78.2 Å². The number of carbonyl (C=O) groups is 3. The molecule has 2 saturated heterocycles. The van der Waals surface area contributed by atoms with E-state index in [0.29, 0.717) is 30.3 Å². The number of amides is 3. The molecule has 0 bridgehead atoms. The van der Waals surface area contributed by atoms with E-state index in [9.17, 15) is 14.4 Å². The van der Waals surface area contributed by atoms with Gasteiger partial charge in [-0.25, -0.2) is 0 Å². The lowest BCUT2D eigenvalue weighted by molar-refractivity contribution is -0.139. The van der Waals surface area contributed by atoms with E-state index in [1.165, 1.54) is 16.2 Å². The number of ether oxygens (including phenoxy) is 1. The fourth-order valence-electron chi connectivity index (χ4n) is 4.98. The van der Waals surface area contributed by atoms with Crippen molar-refractivity contribution < 1.29 is 19.1 Å². The van der Waals surface area contributed by atoms with Crippen LogP contribution < -0.4 is 10.1 Å². The quantitative estimate of drug-likeness (QED) is 0.542. The summed E-state index contributed by atoms with van der Waals surface area (Å²) in [6, 6.07) is 7.56. The molecule has 2 fully saturated rings. The van der Waals surface area contributed by atoms with Gasteiger partial charge in [0.25, 0.3) is 5.91 Å². The zero-order chi connectivity index (χ0) is 24.1. The monoisotopic (exact) mass is 510 g/mol. The number of benzene rings is 1. The minimum Gasteiger partial charge on any atom is -0.479 e. The molecule has 1 N–H and O–H groups in total. The maximum Gasteiger partial charge on any atom is 0.264 e. The fraction of sp³-hybridized carbons (Fsp3) is 0.360. The van der Waals surface area contributed by atoms with Gasteiger partial charge in [-0.3, -0.25) is 24.3 Å². The van der Waals surface area contributed by atoms with E-state index in [0.717, 1.165) is 44.9 Å². The van der Waals surface area contributed by atoms with Crippen LogP contribution in [0.15, 0.2) is 30.5 Å². The zero-order valence-electron chi connectivity index (χ0n) is 18.9. The predicted molar refractivity (Wildman–Crippen MR) is 132 cm³/mol. The summed E-state index contributed by atoms with van der Waals surface area (Å²) < 4.78 is 7.19. The number of nitrogens with zero attached hydrogens (tertiary/aromatic N) is 3. The minimum absolute atomic E-state index is 0.00278. The highest BCUT2D eigenvalue weighted by atomic mass is 35.5. The average molecular weight is 511 g/mol. The van der Waals surface area contributed by atoms with Gasteiger partial charge in [0.2, 0.25) is 11.8 Å². The van der Waals surface area contributed by atoms with E-state index < -0.39 is 6.10 Å². The van der Waals surface area contributed by atoms with Crippen molar-refractivity contribution in [1.82, 2.24) is 20.1 Å². The normalized spacial score (nSPS) is 20.0. The zero-order valence-corrected chi connectivity index (χ0v) is 20.5. The predicted octanol–water partition coefficient (Wildman–Crippen LogP) is 3.00. The molecule has 3 amide bonds. The Bertz CT molecular complexity index is 1350. The van der Waals surface area contributed by atoms with E-state index in [2.05, 4.69) is 10.3 Å². The molecule has 3 aliphatic heterocycles. The smallest absolute Gasteiger partial charge is 0.264 e. The Hall–Kier alpha value is -3.01. The number of likely N-dealkylation sites (tertiary alicyclic amines) is 1. The van der Waals surface area contributed by atoms with E-state index in [-0.39, 0.29) is 37.1 Å². The molecule has 10 heteroatoms. The Balaban J connectivity index is 1.34. The number of piperazine rings is 1. The van der Waals surface area contributed by atoms with Gasteiger partial charge < -0.3 is 15.0 Å². The Morgan fingerprint density at radius 2 is 1.91 bits per heavy atom. The number of imide groups is 1. The summed E-state index contributed by atoms with van der Waals surface area (Å²) >= 11 is 8.00. The van der Waals surface area contributed by atoms with Crippen molar-refractivity contribution in [2.24, 2.45) is 0 Å². The first-order valence-corrected chi connectivity index (χ1v) is 12.9. The Morgan fingerprint density at radius 3 is 2.69 bits per heavy atom. The first-order valence-electron chi connectivity index (χ1n) is 11.7. The number of carbonyl (C=O) groups excluding carboxylic acids is 3. The van der Waals surface area contributed by atoms with Crippen LogP contribution in [0.1, 0.15) is 23.3 Å². The number of halogens is 1. The summed E-state index contributed by atoms with van der Waals surface area (Å²) in [7, 11) is 0. The van der Waals surface area contributed by atoms with Crippen LogP contribution >= 0.6 is 22.9 Å². The number of hydrogen-bond acceptors (Lipinski definition) is 7. The van der Waals surface area contributed by atoms with Gasteiger partial charge >= 0.3 is 0 Å². The highest BCUT2D eigenvalue weighted by Crippen LogP contribution is 2.45. The third-order valence-corrected chi connectivity index (χ3v) is 8.08. The minimum atomic E-state index is -0.566. The van der Waals surface area contributed by atoms with E-state index in [4.69, 9.17) is 16.3 Å². The van der Waals surface area contributed by atoms with Gasteiger partial charge in [-0.15, -0.1) is 11.3 Å². The van der Waals surface area contributed by atoms with Crippen molar-refractivity contribution in [2.75, 3.05) is 26.2 Å². The molecule has 3 aromatic rings.